The molecule has 2 aliphatic heterocycles. The van der Waals surface area contributed by atoms with Crippen molar-refractivity contribution in [3.8, 4) is 22.4 Å². The van der Waals surface area contributed by atoms with Crippen LogP contribution in [-0.4, -0.2) is 91.1 Å². The molecular weight excluding hydrogens is 697 g/mol. The molecule has 0 saturated carbocycles. The second-order valence-electron chi connectivity index (χ2n) is 18.3. The number of aromatic nitrogens is 4. The highest BCUT2D eigenvalue weighted by Crippen LogP contribution is 2.44. The number of rotatable bonds is 14. The zero-order valence-electron chi connectivity index (χ0n) is 33.4. The van der Waals surface area contributed by atoms with Gasteiger partial charge in [-0.25, -0.2) is 9.78 Å². The molecule has 53 heavy (non-hydrogen) atoms. The number of fused-ring (bicyclic) bond motifs is 3. The minimum Gasteiger partial charge on any atom is -0.444 e. The number of ether oxygens (including phenoxy) is 3. The molecule has 1 aromatic carbocycles. The molecular formula is C41H60N6O4Si2. The topological polar surface area (TPSA) is 94.3 Å². The lowest BCUT2D eigenvalue weighted by molar-refractivity contribution is 0.00569. The molecule has 5 heterocycles. The maximum atomic E-state index is 13.3. The summed E-state index contributed by atoms with van der Waals surface area (Å²) < 4.78 is 20.6. The Bertz CT molecular complexity index is 1800. The Balaban J connectivity index is 1.36. The fourth-order valence-corrected chi connectivity index (χ4v) is 8.76. The number of amides is 1. The van der Waals surface area contributed by atoms with Crippen LogP contribution in [0.1, 0.15) is 58.1 Å². The van der Waals surface area contributed by atoms with E-state index >= 15 is 0 Å². The van der Waals surface area contributed by atoms with Gasteiger partial charge < -0.3 is 24.0 Å². The molecule has 12 heteroatoms. The minimum atomic E-state index is -1.27. The first-order valence-electron chi connectivity index (χ1n) is 19.4. The monoisotopic (exact) mass is 756 g/mol. The number of carbonyl (C=O) groups excluding carboxylic acids is 1. The lowest BCUT2D eigenvalue weighted by Gasteiger charge is -2.39. The number of carbonyl (C=O) groups is 1. The normalized spacial score (nSPS) is 19.2. The zero-order valence-corrected chi connectivity index (χ0v) is 35.4. The average molecular weight is 757 g/mol. The van der Waals surface area contributed by atoms with Crippen molar-refractivity contribution in [2.24, 2.45) is 0 Å². The number of hydrogen-bond donors (Lipinski definition) is 0. The molecule has 6 rings (SSSR count). The van der Waals surface area contributed by atoms with Crippen molar-refractivity contribution in [2.45, 2.75) is 121 Å². The molecule has 2 fully saturated rings. The van der Waals surface area contributed by atoms with Gasteiger partial charge in [0.05, 0.1) is 11.9 Å². The molecule has 0 N–H and O–H groups in total. The van der Waals surface area contributed by atoms with E-state index in [0.29, 0.717) is 26.7 Å². The Labute approximate surface area is 318 Å². The Morgan fingerprint density at radius 3 is 2.02 bits per heavy atom. The van der Waals surface area contributed by atoms with Crippen LogP contribution in [0.5, 0.6) is 0 Å². The fourth-order valence-electron chi connectivity index (χ4n) is 7.24. The van der Waals surface area contributed by atoms with E-state index in [1.807, 2.05) is 60.8 Å². The van der Waals surface area contributed by atoms with Gasteiger partial charge in [0.1, 0.15) is 24.9 Å². The van der Waals surface area contributed by atoms with Crippen molar-refractivity contribution >= 4 is 33.7 Å². The van der Waals surface area contributed by atoms with Crippen LogP contribution < -0.4 is 4.90 Å². The van der Waals surface area contributed by atoms with E-state index in [9.17, 15) is 4.79 Å². The maximum absolute atomic E-state index is 13.3. The molecule has 0 radical (unpaired) electrons. The van der Waals surface area contributed by atoms with E-state index in [-0.39, 0.29) is 24.1 Å². The van der Waals surface area contributed by atoms with E-state index in [0.717, 1.165) is 77.3 Å². The minimum absolute atomic E-state index is 0.125. The second kappa shape index (κ2) is 16.0. The third-order valence-electron chi connectivity index (χ3n) is 10.2. The van der Waals surface area contributed by atoms with Gasteiger partial charge in [0.25, 0.3) is 0 Å². The molecule has 10 nitrogen and oxygen atoms in total. The van der Waals surface area contributed by atoms with Gasteiger partial charge in [0.2, 0.25) is 0 Å². The highest BCUT2D eigenvalue weighted by molar-refractivity contribution is 6.76. The molecule has 3 aromatic heterocycles. The number of pyridine rings is 1. The quantitative estimate of drug-likeness (QED) is 0.0714. The predicted molar refractivity (Wildman–Crippen MR) is 219 cm³/mol. The lowest BCUT2D eigenvalue weighted by Crippen LogP contribution is -2.48. The largest absolute Gasteiger partial charge is 0.444 e. The first-order valence-corrected chi connectivity index (χ1v) is 26.8. The highest BCUT2D eigenvalue weighted by Gasteiger charge is 2.45. The van der Waals surface area contributed by atoms with Gasteiger partial charge in [-0.15, -0.1) is 0 Å². The van der Waals surface area contributed by atoms with Crippen molar-refractivity contribution in [2.75, 3.05) is 31.6 Å². The van der Waals surface area contributed by atoms with Gasteiger partial charge in [-0.3, -0.25) is 4.98 Å². The fraction of sp³-hybridized carbons (Fsp3) is 0.561. The van der Waals surface area contributed by atoms with Gasteiger partial charge in [-0.05, 0) is 64.6 Å². The summed E-state index contributed by atoms with van der Waals surface area (Å²) in [7, 11) is -2.54. The zero-order chi connectivity index (χ0) is 38.0. The van der Waals surface area contributed by atoms with Crippen LogP contribution in [0.15, 0.2) is 60.9 Å². The van der Waals surface area contributed by atoms with Gasteiger partial charge in [-0.1, -0.05) is 75.7 Å². The smallest absolute Gasteiger partial charge is 0.410 e. The van der Waals surface area contributed by atoms with E-state index in [4.69, 9.17) is 29.3 Å². The Morgan fingerprint density at radius 2 is 1.47 bits per heavy atom. The van der Waals surface area contributed by atoms with Crippen LogP contribution in [0.4, 0.5) is 10.6 Å². The highest BCUT2D eigenvalue weighted by atomic mass is 28.3. The van der Waals surface area contributed by atoms with Crippen molar-refractivity contribution < 1.29 is 19.0 Å². The van der Waals surface area contributed by atoms with Crippen LogP contribution >= 0.6 is 0 Å². The Kier molecular flexibility index (Phi) is 11.8. The number of nitrogens with zero attached hydrogens (tertiary/aromatic N) is 6. The Hall–Kier alpha value is -3.59. The third kappa shape index (κ3) is 10.1. The number of piperidine rings is 1. The molecule has 2 aliphatic rings. The summed E-state index contributed by atoms with van der Waals surface area (Å²) in [5.74, 6) is 1.08. The van der Waals surface area contributed by atoms with Crippen LogP contribution in [-0.2, 0) is 14.2 Å². The van der Waals surface area contributed by atoms with E-state index in [2.05, 4.69) is 74.5 Å². The number of anilines is 1. The summed E-state index contributed by atoms with van der Waals surface area (Å²) in [6.45, 7) is 22.2. The van der Waals surface area contributed by atoms with Crippen LogP contribution in [0.3, 0.4) is 0 Å². The molecule has 286 valence electrons. The first kappa shape index (κ1) is 39.1. The van der Waals surface area contributed by atoms with Crippen molar-refractivity contribution in [1.82, 2.24) is 24.5 Å². The predicted octanol–water partition coefficient (Wildman–Crippen LogP) is 9.53. The molecule has 0 aliphatic carbocycles. The SMILES string of the molecule is CC(C)(C)OC(=O)N1[C@@H]2CC[C@H]1C[C@@H](c1cc(N(COCC[Si](C)(C)C)COCC[Si](C)(C)C)n3ncc(-c4ccc(-c5ccccc5)nc4)c3n1)C2. The summed E-state index contributed by atoms with van der Waals surface area (Å²) in [6.07, 6.45) is 7.27. The average Bonchev–Trinajstić information content (AvgIpc) is 3.63. The first-order chi connectivity index (χ1) is 25.0. The van der Waals surface area contributed by atoms with Gasteiger partial charge in [-0.2, -0.15) is 9.61 Å². The maximum Gasteiger partial charge on any atom is 0.410 e. The summed E-state index contributed by atoms with van der Waals surface area (Å²) in [5.41, 5.74) is 5.14. The number of benzene rings is 1. The van der Waals surface area contributed by atoms with Crippen LogP contribution in [0, 0.1) is 0 Å². The van der Waals surface area contributed by atoms with Crippen molar-refractivity contribution in [3.63, 3.8) is 0 Å². The third-order valence-corrected chi connectivity index (χ3v) is 13.6. The molecule has 3 atom stereocenters. The second-order valence-corrected chi connectivity index (χ2v) is 29.6. The van der Waals surface area contributed by atoms with E-state index in [1.54, 1.807) is 0 Å². The molecule has 2 bridgehead atoms. The van der Waals surface area contributed by atoms with Crippen LogP contribution in [0.25, 0.3) is 28.0 Å². The molecule has 0 spiro atoms. The van der Waals surface area contributed by atoms with Gasteiger partial charge in [0.15, 0.2) is 5.65 Å². The van der Waals surface area contributed by atoms with E-state index in [1.165, 1.54) is 0 Å². The lowest BCUT2D eigenvalue weighted by atomic mass is 9.88. The van der Waals surface area contributed by atoms with Gasteiger partial charge >= 0.3 is 6.09 Å². The summed E-state index contributed by atoms with van der Waals surface area (Å²) >= 11 is 0. The van der Waals surface area contributed by atoms with Crippen molar-refractivity contribution in [3.05, 3.63) is 66.6 Å². The molecule has 1 amide bonds. The molecule has 0 unspecified atom stereocenters. The summed E-state index contributed by atoms with van der Waals surface area (Å²) in [5, 5.41) is 4.95. The van der Waals surface area contributed by atoms with Crippen LogP contribution in [0.2, 0.25) is 51.4 Å². The summed E-state index contributed by atoms with van der Waals surface area (Å²) in [6, 6.07) is 19.0. The standard InChI is InChI=1S/C41H60N6O4Si2/c1-41(2,3)51-40(48)46-33-16-17-34(46)24-32(23-33)37-25-38(45(28-49-19-21-52(4,5)6)29-50-20-22-53(7,8)9)47-39(44-37)35(27-43-47)31-15-18-36(42-26-31)30-13-11-10-12-14-30/h10-15,18,25-27,32-34H,16-17,19-24,28-29H2,1-9H3/t32-,33+,34-. The molecule has 4 aromatic rings. The Morgan fingerprint density at radius 1 is 0.849 bits per heavy atom. The number of hydrogen-bond acceptors (Lipinski definition) is 8. The van der Waals surface area contributed by atoms with Gasteiger partial charge in [0, 0.05) is 82.0 Å². The van der Waals surface area contributed by atoms with Crippen molar-refractivity contribution in [1.29, 1.82) is 0 Å². The van der Waals surface area contributed by atoms with E-state index < -0.39 is 21.7 Å². The molecule has 2 saturated heterocycles. The summed E-state index contributed by atoms with van der Waals surface area (Å²) in [4.78, 5) is 27.7.